The molecule has 10 rings (SSSR count). The summed E-state index contributed by atoms with van der Waals surface area (Å²) in [6, 6.07) is 18.6. The van der Waals surface area contributed by atoms with E-state index in [9.17, 15) is 37.2 Å². The number of methoxy groups -OCH3 is 1. The van der Waals surface area contributed by atoms with Gasteiger partial charge in [-0.15, -0.1) is 0 Å². The normalized spacial score (nSPS) is 20.9. The predicted molar refractivity (Wildman–Crippen MR) is 295 cm³/mol. The third kappa shape index (κ3) is 11.9. The van der Waals surface area contributed by atoms with E-state index in [1.807, 2.05) is 4.72 Å². The molecular weight excluding hydrogens is 1060 g/mol. The lowest BCUT2D eigenvalue weighted by atomic mass is 9.59. The first kappa shape index (κ1) is 56.3. The highest BCUT2D eigenvalue weighted by molar-refractivity contribution is 7.90. The van der Waals surface area contributed by atoms with Crippen molar-refractivity contribution in [3.63, 3.8) is 0 Å². The number of halogens is 3. The van der Waals surface area contributed by atoms with Crippen molar-refractivity contribution >= 4 is 44.2 Å². The molecule has 22 heteroatoms. The summed E-state index contributed by atoms with van der Waals surface area (Å²) in [5.41, 5.74) is 2.46. The molecule has 426 valence electrons. The van der Waals surface area contributed by atoms with E-state index in [0.29, 0.717) is 75.7 Å². The van der Waals surface area contributed by atoms with Crippen LogP contribution in [0, 0.1) is 38.9 Å². The van der Waals surface area contributed by atoms with E-state index < -0.39 is 54.5 Å². The van der Waals surface area contributed by atoms with Crippen LogP contribution in [0.4, 0.5) is 30.4 Å². The summed E-state index contributed by atoms with van der Waals surface area (Å²) in [6.45, 7) is 12.3. The Labute approximate surface area is 463 Å². The lowest BCUT2D eigenvalue weighted by Crippen LogP contribution is -2.60. The molecule has 0 unspecified atom stereocenters. The first-order chi connectivity index (χ1) is 38.2. The number of piperazine rings is 1. The van der Waals surface area contributed by atoms with Crippen molar-refractivity contribution in [2.45, 2.75) is 114 Å². The molecule has 4 N–H and O–H groups in total. The van der Waals surface area contributed by atoms with Crippen LogP contribution >= 0.6 is 0 Å². The number of amides is 1. The van der Waals surface area contributed by atoms with Crippen LogP contribution in [-0.2, 0) is 16.6 Å². The molecule has 80 heavy (non-hydrogen) atoms. The quantitative estimate of drug-likeness (QED) is 0.0465. The highest BCUT2D eigenvalue weighted by Gasteiger charge is 2.50. The number of piperidine rings is 1. The molecule has 6 aromatic rings. The van der Waals surface area contributed by atoms with Crippen molar-refractivity contribution in [3.8, 4) is 23.1 Å². The zero-order valence-electron chi connectivity index (χ0n) is 45.6. The summed E-state index contributed by atoms with van der Waals surface area (Å²) in [5.74, 6) is -3.41. The SMILES string of the molecule is CCOc1nc2[nH]cc(F)c2cc1Oc1cc(N2CCC3(CC2)CC(N2CCN(Cc4cc(F)c(OC)c(F)c4)C[C@H]2c2ccccc2C(C)C)C3)ccc1C(=O)NS(=O)(=O)c1cnc(NCC2CCC(C)(O)CC2)c([N+](=O)[O-])c1. The molecule has 3 aromatic carbocycles. The lowest BCUT2D eigenvalue weighted by Gasteiger charge is -2.58. The van der Waals surface area contributed by atoms with Crippen LogP contribution in [0.15, 0.2) is 84.0 Å². The van der Waals surface area contributed by atoms with Gasteiger partial charge in [0.1, 0.15) is 22.1 Å². The summed E-state index contributed by atoms with van der Waals surface area (Å²) in [5, 5.41) is 25.7. The van der Waals surface area contributed by atoms with Crippen molar-refractivity contribution in [1.29, 1.82) is 0 Å². The topological polar surface area (TPSA) is 218 Å². The molecule has 3 aromatic heterocycles. The number of nitrogens with zero attached hydrogens (tertiary/aromatic N) is 6. The summed E-state index contributed by atoms with van der Waals surface area (Å²) in [7, 11) is -3.52. The van der Waals surface area contributed by atoms with Crippen molar-refractivity contribution in [2.75, 3.05) is 63.2 Å². The van der Waals surface area contributed by atoms with Crippen LogP contribution in [-0.4, -0.2) is 114 Å². The van der Waals surface area contributed by atoms with Crippen molar-refractivity contribution < 1.29 is 50.6 Å². The van der Waals surface area contributed by atoms with E-state index in [1.165, 1.54) is 42.5 Å². The Bertz CT molecular complexity index is 3370. The zero-order chi connectivity index (χ0) is 56.7. The molecule has 2 saturated carbocycles. The third-order valence-electron chi connectivity index (χ3n) is 16.7. The fourth-order valence-corrected chi connectivity index (χ4v) is 13.2. The molecule has 4 aliphatic rings. The van der Waals surface area contributed by atoms with E-state index in [1.54, 1.807) is 26.0 Å². The molecule has 1 atom stereocenters. The average Bonchev–Trinajstić information content (AvgIpc) is 3.84. The number of fused-ring (bicyclic) bond motifs is 1. The third-order valence-corrected chi connectivity index (χ3v) is 18.0. The fraction of sp³-hybridized carbons (Fsp3) is 0.466. The molecule has 2 aliphatic heterocycles. The average molecular weight is 1120 g/mol. The van der Waals surface area contributed by atoms with Gasteiger partial charge < -0.3 is 34.5 Å². The van der Waals surface area contributed by atoms with E-state index in [-0.39, 0.29) is 75.4 Å². The second-order valence-corrected chi connectivity index (χ2v) is 24.2. The Morgan fingerprint density at radius 1 is 0.963 bits per heavy atom. The predicted octanol–water partition coefficient (Wildman–Crippen LogP) is 10.4. The molecule has 0 bridgehead atoms. The zero-order valence-corrected chi connectivity index (χ0v) is 46.4. The Balaban J connectivity index is 0.864. The Morgan fingerprint density at radius 3 is 2.38 bits per heavy atom. The van der Waals surface area contributed by atoms with Gasteiger partial charge in [-0.3, -0.25) is 24.7 Å². The van der Waals surface area contributed by atoms with Crippen LogP contribution in [0.25, 0.3) is 11.0 Å². The van der Waals surface area contributed by atoms with Crippen molar-refractivity contribution in [1.82, 2.24) is 29.5 Å². The minimum atomic E-state index is -4.77. The number of carbonyl (C=O) groups excluding carboxylic acids is 1. The van der Waals surface area contributed by atoms with Crippen molar-refractivity contribution in [2.24, 2.45) is 11.3 Å². The van der Waals surface area contributed by atoms with Gasteiger partial charge in [0.15, 0.2) is 23.1 Å². The number of anilines is 2. The number of rotatable bonds is 18. The van der Waals surface area contributed by atoms with E-state index in [2.05, 4.69) is 73.1 Å². The second kappa shape index (κ2) is 22.9. The number of pyridine rings is 2. The molecule has 5 heterocycles. The van der Waals surface area contributed by atoms with Crippen LogP contribution < -0.4 is 29.1 Å². The number of aromatic amines is 1. The first-order valence-electron chi connectivity index (χ1n) is 27.4. The number of benzene rings is 3. The van der Waals surface area contributed by atoms with Gasteiger partial charge in [0.2, 0.25) is 5.82 Å². The number of hydrogen-bond donors (Lipinski definition) is 4. The van der Waals surface area contributed by atoms with Crippen LogP contribution in [0.3, 0.4) is 0 Å². The van der Waals surface area contributed by atoms with Crippen LogP contribution in [0.1, 0.15) is 118 Å². The molecule has 1 amide bonds. The second-order valence-electron chi connectivity index (χ2n) is 22.5. The van der Waals surface area contributed by atoms with Gasteiger partial charge in [0.25, 0.3) is 21.8 Å². The maximum absolute atomic E-state index is 15.0. The number of H-pyrrole nitrogens is 1. The maximum Gasteiger partial charge on any atom is 0.312 e. The number of ether oxygens (including phenoxy) is 3. The monoisotopic (exact) mass is 1120 g/mol. The number of nitro groups is 1. The number of nitrogens with one attached hydrogen (secondary N) is 3. The van der Waals surface area contributed by atoms with Gasteiger partial charge in [0, 0.05) is 88.0 Å². The molecule has 2 saturated heterocycles. The van der Waals surface area contributed by atoms with Gasteiger partial charge in [-0.2, -0.15) is 4.98 Å². The molecule has 18 nitrogen and oxygen atoms in total. The minimum absolute atomic E-state index is 0.00695. The Kier molecular flexibility index (Phi) is 16.1. The highest BCUT2D eigenvalue weighted by Crippen LogP contribution is 2.54. The van der Waals surface area contributed by atoms with Crippen LogP contribution in [0.2, 0.25) is 0 Å². The molecule has 4 fully saturated rings. The van der Waals surface area contributed by atoms with Gasteiger partial charge in [-0.05, 0) is 123 Å². The minimum Gasteiger partial charge on any atom is -0.491 e. The number of carbonyl (C=O) groups is 1. The fourth-order valence-electron chi connectivity index (χ4n) is 12.3. The Hall–Kier alpha value is -7.01. The summed E-state index contributed by atoms with van der Waals surface area (Å²) < 4.78 is 91.7. The first-order valence-corrected chi connectivity index (χ1v) is 28.8. The summed E-state index contributed by atoms with van der Waals surface area (Å²) >= 11 is 0. The Morgan fingerprint density at radius 2 is 1.69 bits per heavy atom. The van der Waals surface area contributed by atoms with Gasteiger partial charge in [-0.1, -0.05) is 38.1 Å². The van der Waals surface area contributed by atoms with E-state index in [4.69, 9.17) is 14.2 Å². The van der Waals surface area contributed by atoms with Gasteiger partial charge >= 0.3 is 5.69 Å². The molecule has 2 aliphatic carbocycles. The number of sulfonamides is 1. The summed E-state index contributed by atoms with van der Waals surface area (Å²) in [6.07, 6.45) is 8.37. The number of hydrogen-bond acceptors (Lipinski definition) is 15. The van der Waals surface area contributed by atoms with Gasteiger partial charge in [-0.25, -0.2) is 31.3 Å². The standard InChI is InChI=1S/C58H68F3N9O9S/c1-6-78-56-51(27-44-47(61)32-64-53(44)65-56)79-50-25-38(11-12-43(50)55(71)66-80(75,76)40-26-48(70(73)74)54(63-31-40)62-30-36-13-15-57(4,72)16-14-36)68-19-17-58(18-20-68)28-39(29-58)69-22-21-67(33-37-23-45(59)52(77-5)46(60)24-37)34-49(69)42-10-8-7-9-41(42)35(2)3/h7-12,23-27,31-32,35-36,39,49,72H,6,13-22,28-30,33-34H2,1-5H3,(H,62,63)(H,64,65)(H,66,71)/t36?,49-,57?/m0/s1. The van der Waals surface area contributed by atoms with E-state index in [0.717, 1.165) is 57.2 Å². The molecule has 0 radical (unpaired) electrons. The molecular formula is C58H68F3N9O9S. The number of aliphatic hydroxyl groups is 1. The largest absolute Gasteiger partial charge is 0.491 e. The van der Waals surface area contributed by atoms with Crippen molar-refractivity contribution in [3.05, 3.63) is 129 Å². The smallest absolute Gasteiger partial charge is 0.312 e. The maximum atomic E-state index is 15.0. The number of aromatic nitrogens is 3. The summed E-state index contributed by atoms with van der Waals surface area (Å²) in [4.78, 5) is 43.5. The van der Waals surface area contributed by atoms with Crippen LogP contribution in [0.5, 0.6) is 23.1 Å². The van der Waals surface area contributed by atoms with Gasteiger partial charge in [0.05, 0.1) is 41.4 Å². The highest BCUT2D eigenvalue weighted by atomic mass is 32.2. The lowest BCUT2D eigenvalue weighted by molar-refractivity contribution is -0.384. The molecule has 1 spiro atoms. The van der Waals surface area contributed by atoms with E-state index >= 15 is 4.39 Å².